The molecule has 0 aromatic heterocycles. The first-order valence-corrected chi connectivity index (χ1v) is 40.8. The molecule has 0 fully saturated rings. The van der Waals surface area contributed by atoms with Gasteiger partial charge in [-0.1, -0.05) is 74.5 Å². The summed E-state index contributed by atoms with van der Waals surface area (Å²) in [5.41, 5.74) is 35.9. The van der Waals surface area contributed by atoms with Gasteiger partial charge in [-0.2, -0.15) is 0 Å². The Kier molecular flexibility index (Phi) is 44.4. The fourth-order valence-electron chi connectivity index (χ4n) is 13.1. The van der Waals surface area contributed by atoms with Crippen LogP contribution in [0.1, 0.15) is 166 Å². The molecule has 0 heterocycles. The number of ether oxygens (including phenoxy) is 1. The highest BCUT2D eigenvalue weighted by atomic mass is 16.5. The van der Waals surface area contributed by atoms with E-state index in [0.29, 0.717) is 18.4 Å². The summed E-state index contributed by atoms with van der Waals surface area (Å²) >= 11 is 0. The Bertz CT molecular complexity index is 4130. The molecule has 3 aromatic rings. The van der Waals surface area contributed by atoms with E-state index in [9.17, 15) is 102 Å². The van der Waals surface area contributed by atoms with Crippen molar-refractivity contribution >= 4 is 107 Å². The van der Waals surface area contributed by atoms with Gasteiger partial charge in [0.15, 0.2) is 11.9 Å². The number of hydrogen-bond donors (Lipinski definition) is 27. The fraction of sp³-hybridized carbons (Fsp3) is 0.550. The second-order valence-corrected chi connectivity index (χ2v) is 30.6. The molecule has 0 aliphatic heterocycles. The molecule has 0 spiro atoms. The molecule has 13 amide bonds. The average molecular weight is 1740 g/mol. The Balaban J connectivity index is 1.59. The molecule has 3 aromatic carbocycles. The lowest BCUT2D eigenvalue weighted by atomic mass is 9.97. The summed E-state index contributed by atoms with van der Waals surface area (Å²) in [4.78, 5) is 219. The number of carboxylic acid groups (broad SMARTS) is 3. The lowest BCUT2D eigenvalue weighted by molar-refractivity contribution is -0.147. The van der Waals surface area contributed by atoms with Gasteiger partial charge in [0, 0.05) is 38.3 Å². The summed E-state index contributed by atoms with van der Waals surface area (Å²) in [6, 6.07) is 2.76. The number of nitrogens with one attached hydrogen (secondary N) is 16. The third-order valence-corrected chi connectivity index (χ3v) is 19.9. The molecule has 1 aliphatic carbocycles. The van der Waals surface area contributed by atoms with Gasteiger partial charge in [0.2, 0.25) is 70.9 Å². The first-order valence-electron chi connectivity index (χ1n) is 40.8. The number of aliphatic carboxylic acids is 3. The first-order chi connectivity index (χ1) is 58.7. The molecule has 33 N–H and O–H groups in total. The van der Waals surface area contributed by atoms with Gasteiger partial charge in [0.05, 0.1) is 13.0 Å². The third-order valence-electron chi connectivity index (χ3n) is 19.9. The van der Waals surface area contributed by atoms with E-state index >= 15 is 0 Å². The zero-order chi connectivity index (χ0) is 92.3. The Morgan fingerprint density at radius 1 is 0.435 bits per heavy atom. The number of carboxylic acids is 3. The molecule has 44 heteroatoms. The predicted molar refractivity (Wildman–Crippen MR) is 449 cm³/mol. The zero-order valence-electron chi connectivity index (χ0n) is 70.0. The number of fused-ring (bicyclic) bond motifs is 3. The first kappa shape index (κ1) is 104. The number of phenols is 1. The van der Waals surface area contributed by atoms with Gasteiger partial charge in [-0.05, 0) is 176 Å². The van der Waals surface area contributed by atoms with E-state index in [1.165, 1.54) is 52.0 Å². The van der Waals surface area contributed by atoms with Crippen molar-refractivity contribution in [3.05, 3.63) is 89.5 Å². The number of aliphatic hydroxyl groups is 1. The van der Waals surface area contributed by atoms with Crippen LogP contribution in [0.25, 0.3) is 11.1 Å². The van der Waals surface area contributed by atoms with Crippen LogP contribution < -0.4 is 109 Å². The van der Waals surface area contributed by atoms with E-state index < -0.39 is 223 Å². The number of alkyl carbamates (subject to hydrolysis) is 1. The number of phenolic OH excluding ortho intramolecular Hbond substituents is 1. The molecular formula is C80H122N22O22. The number of aromatic hydroxyl groups is 1. The number of aliphatic hydroxyl groups excluding tert-OH is 1. The van der Waals surface area contributed by atoms with Crippen LogP contribution in [-0.2, 0) is 83.1 Å². The Labute approximate surface area is 716 Å². The Morgan fingerprint density at radius 3 is 1.19 bits per heavy atom. The summed E-state index contributed by atoms with van der Waals surface area (Å²) in [6.45, 7) is 4.42. The number of nitrogens with two attached hydrogens (primary N) is 6. The zero-order valence-corrected chi connectivity index (χ0v) is 70.0. The van der Waals surface area contributed by atoms with Crippen LogP contribution in [0.5, 0.6) is 5.75 Å². The smallest absolute Gasteiger partial charge is 0.407 e. The highest BCUT2D eigenvalue weighted by molar-refractivity contribution is 6.01. The average Bonchev–Trinajstić information content (AvgIpc) is 1.61. The van der Waals surface area contributed by atoms with Gasteiger partial charge in [-0.25, -0.2) is 9.59 Å². The minimum atomic E-state index is -1.99. The monoisotopic (exact) mass is 1740 g/mol. The van der Waals surface area contributed by atoms with Crippen molar-refractivity contribution in [3.63, 3.8) is 0 Å². The molecule has 1 aliphatic rings. The van der Waals surface area contributed by atoms with Crippen molar-refractivity contribution < 1.29 is 107 Å². The third kappa shape index (κ3) is 36.1. The van der Waals surface area contributed by atoms with Crippen LogP contribution in [0.3, 0.4) is 0 Å². The lowest BCUT2D eigenvalue weighted by Crippen LogP contribution is -2.64. The maximum Gasteiger partial charge on any atom is 0.407 e. The second kappa shape index (κ2) is 53.1. The summed E-state index contributed by atoms with van der Waals surface area (Å²) in [5, 5.41) is 99.7. The van der Waals surface area contributed by atoms with Crippen molar-refractivity contribution in [1.82, 2.24) is 74.4 Å². The van der Waals surface area contributed by atoms with Crippen LogP contribution in [0.2, 0.25) is 0 Å². The fourth-order valence-corrected chi connectivity index (χ4v) is 13.1. The maximum atomic E-state index is 14.6. The Hall–Kier alpha value is -12.8. The van der Waals surface area contributed by atoms with Crippen molar-refractivity contribution in [2.24, 2.45) is 40.3 Å². The maximum absolute atomic E-state index is 14.6. The van der Waals surface area contributed by atoms with Gasteiger partial charge < -0.3 is 139 Å². The lowest BCUT2D eigenvalue weighted by Gasteiger charge is -2.32. The second-order valence-electron chi connectivity index (χ2n) is 30.6. The van der Waals surface area contributed by atoms with E-state index in [1.54, 1.807) is 0 Å². The quantitative estimate of drug-likeness (QED) is 0.0145. The van der Waals surface area contributed by atoms with E-state index in [1.807, 2.05) is 48.5 Å². The summed E-state index contributed by atoms with van der Waals surface area (Å²) in [5.74, 6) is -19.6. The van der Waals surface area contributed by atoms with Crippen LogP contribution in [0.15, 0.2) is 72.8 Å². The molecule has 0 saturated heterocycles. The van der Waals surface area contributed by atoms with E-state index in [2.05, 4.69) is 74.4 Å². The van der Waals surface area contributed by atoms with Gasteiger partial charge in [-0.15, -0.1) is 0 Å². The molecule has 4 rings (SSSR count). The Morgan fingerprint density at radius 2 is 0.806 bits per heavy atom. The van der Waals surface area contributed by atoms with Gasteiger partial charge in [-0.3, -0.25) is 77.9 Å². The minimum absolute atomic E-state index is 0.000599. The molecule has 44 nitrogen and oxygen atoms in total. The SMILES string of the molecule is CC(C)[C@H](NC(=O)C(C)(C)NC(=O)[C@H](CCCNC(=N)N)NC(=O)[C@H](CCCCN)NC(=O)[C@H](CO)NC(=O)[C@H](CCCNC(=N)N)NC(=O)[C@H](CCC(=O)O)NC(=O)[C@H](CCCCN)NC(=O)[C@@H](Cc1ccc(O)cc1)NC(=O)OCC1c2ccccc2-c2ccccc21)C(=O)N[C@@H](CCC(N)=O)C(=O)N[C@@H](CCCCN)C(=O)N[C@@H](CC(=O)O)C(=O)O. The summed E-state index contributed by atoms with van der Waals surface area (Å²) < 4.78 is 5.79. The number of hydrogen-bond acceptors (Lipinski definition) is 24. The number of carbonyl (C=O) groups excluding carboxylic acids is 13. The highest BCUT2D eigenvalue weighted by Gasteiger charge is 2.41. The molecule has 0 unspecified atom stereocenters. The molecule has 0 radical (unpaired) electrons. The molecule has 124 heavy (non-hydrogen) atoms. The van der Waals surface area contributed by atoms with E-state index in [0.717, 1.165) is 22.3 Å². The normalized spacial score (nSPS) is 14.2. The van der Waals surface area contributed by atoms with E-state index in [4.69, 9.17) is 50.0 Å². The predicted octanol–water partition coefficient (Wildman–Crippen LogP) is -4.16. The van der Waals surface area contributed by atoms with Gasteiger partial charge in [0.25, 0.3) is 0 Å². The summed E-state index contributed by atoms with van der Waals surface area (Å²) in [7, 11) is 0. The molecular weight excluding hydrogens is 1620 g/mol. The number of primary amides is 1. The number of benzene rings is 3. The number of guanidine groups is 2. The van der Waals surface area contributed by atoms with Crippen LogP contribution in [-0.4, -0.2) is 250 Å². The molecule has 11 atom stereocenters. The van der Waals surface area contributed by atoms with Gasteiger partial charge in [0.1, 0.15) is 84.4 Å². The molecule has 0 bridgehead atoms. The van der Waals surface area contributed by atoms with Crippen molar-refractivity contribution in [1.29, 1.82) is 10.8 Å². The standard InChI is InChI=1S/C80H122N22O22/c1-43(2)64(74(119)97-56(30-32-61(84)105)69(114)91-53(23-11-14-36-83)67(112)98-59(75(120)121)40-63(108)109)101-76(122)80(3,4)102-73(118)55(25-16-38-90-78(87)88)95-65(110)52(22-10-13-35-82)94-72(117)60(41-103)99-68(113)54(24-15-37-89-77(85)86)92-70(115)57(31-33-62(106)107)96-66(111)51(21-9-12-34-81)93-71(116)58(39-44-26-28-45(104)29-27-44)100-79(123)124-42-50-48-19-7-5-17-46(48)47-18-6-8-20-49(47)50/h5-8,17-20,26-29,43,50-60,64,103-104H,9-16,21-25,30-42,81-83H2,1-4H3,(H2,84,105)(H,91,114)(H,92,115)(H,93,116)(H,94,117)(H,95,110)(H,96,111)(H,97,119)(H,98,112)(H,99,113)(H,100,123)(H,101,122)(H,102,118)(H,106,107)(H,108,109)(H,120,121)(H4,85,86,89)(H4,87,88,90)/t51-,52-,53-,54-,55-,56-,57-,58+,59-,60-,64-/m0/s1. The molecule has 684 valence electrons. The topological polar surface area (TPSA) is 756 Å². The van der Waals surface area contributed by atoms with Crippen molar-refractivity contribution in [2.45, 2.75) is 228 Å². The van der Waals surface area contributed by atoms with Crippen LogP contribution in [0.4, 0.5) is 4.79 Å². The number of rotatable bonds is 58. The van der Waals surface area contributed by atoms with Crippen LogP contribution >= 0.6 is 0 Å². The van der Waals surface area contributed by atoms with Crippen molar-refractivity contribution in [3.8, 4) is 16.9 Å². The summed E-state index contributed by atoms with van der Waals surface area (Å²) in [6.07, 6.45) is -4.23. The highest BCUT2D eigenvalue weighted by Crippen LogP contribution is 2.44. The van der Waals surface area contributed by atoms with Crippen LogP contribution in [0, 0.1) is 16.7 Å². The minimum Gasteiger partial charge on any atom is -0.508 e. The molecule has 0 saturated carbocycles. The van der Waals surface area contributed by atoms with Crippen molar-refractivity contribution in [2.75, 3.05) is 45.9 Å². The number of carbonyl (C=O) groups is 16. The number of unbranched alkanes of at least 4 members (excludes halogenated alkanes) is 3. The largest absolute Gasteiger partial charge is 0.508 e. The van der Waals surface area contributed by atoms with E-state index in [-0.39, 0.29) is 128 Å². The van der Waals surface area contributed by atoms with Gasteiger partial charge >= 0.3 is 24.0 Å². The number of amides is 13.